The Morgan fingerprint density at radius 2 is 1.71 bits per heavy atom. The van der Waals surface area contributed by atoms with E-state index in [1.807, 2.05) is 61.5 Å². The second-order valence-electron chi connectivity index (χ2n) is 6.37. The molecule has 0 atom stereocenters. The van der Waals surface area contributed by atoms with Crippen molar-refractivity contribution in [1.82, 2.24) is 0 Å². The summed E-state index contributed by atoms with van der Waals surface area (Å²) in [6, 6.07) is 22.4. The minimum Gasteiger partial charge on any atom is -0.494 e. The summed E-state index contributed by atoms with van der Waals surface area (Å²) in [5.41, 5.74) is 1.72. The van der Waals surface area contributed by atoms with Crippen LogP contribution in [0, 0.1) is 6.92 Å². The number of anilines is 1. The number of carbonyl (C=O) groups is 1. The molecule has 0 fully saturated rings. The van der Waals surface area contributed by atoms with Crippen LogP contribution in [0.3, 0.4) is 0 Å². The fourth-order valence-electron chi connectivity index (χ4n) is 2.57. The van der Waals surface area contributed by atoms with Crippen molar-refractivity contribution < 1.29 is 14.3 Å². The molecule has 0 aliphatic rings. The van der Waals surface area contributed by atoms with Gasteiger partial charge in [0.15, 0.2) is 5.75 Å². The molecule has 0 aliphatic heterocycles. The standard InChI is InChI=1S/C23H22ClNO3/c1-17-9-12-19(13-10-17)27-15-5-8-23(26)25-21-16-18(24)11-14-22(21)28-20-6-3-2-4-7-20/h2-4,6-7,9-14,16H,5,8,15H2,1H3,(H,25,26). The molecule has 5 heteroatoms. The quantitative estimate of drug-likeness (QED) is 0.459. The number of aryl methyl sites for hydroxylation is 1. The number of benzene rings is 3. The van der Waals surface area contributed by atoms with Crippen molar-refractivity contribution >= 4 is 23.2 Å². The number of carbonyl (C=O) groups excluding carboxylic acids is 1. The van der Waals surface area contributed by atoms with E-state index in [9.17, 15) is 4.79 Å². The second-order valence-corrected chi connectivity index (χ2v) is 6.81. The van der Waals surface area contributed by atoms with Crippen LogP contribution in [0.2, 0.25) is 5.02 Å². The molecule has 3 aromatic carbocycles. The van der Waals surface area contributed by atoms with Gasteiger partial charge in [-0.3, -0.25) is 4.79 Å². The normalized spacial score (nSPS) is 10.4. The van der Waals surface area contributed by atoms with Crippen molar-refractivity contribution in [3.8, 4) is 17.2 Å². The molecule has 0 aliphatic carbocycles. The lowest BCUT2D eigenvalue weighted by atomic mass is 10.2. The number of halogens is 1. The highest BCUT2D eigenvalue weighted by molar-refractivity contribution is 6.31. The largest absolute Gasteiger partial charge is 0.494 e. The van der Waals surface area contributed by atoms with Crippen LogP contribution in [0.25, 0.3) is 0 Å². The third-order valence-electron chi connectivity index (χ3n) is 4.02. The maximum absolute atomic E-state index is 12.3. The molecule has 4 nitrogen and oxygen atoms in total. The Bertz CT molecular complexity index is 911. The Hall–Kier alpha value is -2.98. The zero-order chi connectivity index (χ0) is 19.8. The lowest BCUT2D eigenvalue weighted by Gasteiger charge is -2.13. The molecule has 0 radical (unpaired) electrons. The van der Waals surface area contributed by atoms with Gasteiger partial charge in [0.1, 0.15) is 11.5 Å². The zero-order valence-corrected chi connectivity index (χ0v) is 16.4. The highest BCUT2D eigenvalue weighted by atomic mass is 35.5. The van der Waals surface area contributed by atoms with E-state index in [4.69, 9.17) is 21.1 Å². The highest BCUT2D eigenvalue weighted by Gasteiger charge is 2.10. The summed E-state index contributed by atoms with van der Waals surface area (Å²) in [7, 11) is 0. The van der Waals surface area contributed by atoms with Crippen LogP contribution in [0.1, 0.15) is 18.4 Å². The van der Waals surface area contributed by atoms with Gasteiger partial charge in [0.25, 0.3) is 0 Å². The van der Waals surface area contributed by atoms with Crippen molar-refractivity contribution in [2.45, 2.75) is 19.8 Å². The van der Waals surface area contributed by atoms with E-state index in [1.54, 1.807) is 18.2 Å². The predicted molar refractivity (Wildman–Crippen MR) is 113 cm³/mol. The first-order chi connectivity index (χ1) is 13.6. The molecule has 0 aromatic heterocycles. The fourth-order valence-corrected chi connectivity index (χ4v) is 2.75. The van der Waals surface area contributed by atoms with Gasteiger partial charge in [0, 0.05) is 11.4 Å². The van der Waals surface area contributed by atoms with Crippen molar-refractivity contribution in [3.63, 3.8) is 0 Å². The molecule has 0 spiro atoms. The van der Waals surface area contributed by atoms with Crippen molar-refractivity contribution in [2.75, 3.05) is 11.9 Å². The Kier molecular flexibility index (Phi) is 6.93. The van der Waals surface area contributed by atoms with Gasteiger partial charge in [0.05, 0.1) is 12.3 Å². The summed E-state index contributed by atoms with van der Waals surface area (Å²) in [5, 5.41) is 3.40. The Morgan fingerprint density at radius 3 is 2.46 bits per heavy atom. The molecule has 144 valence electrons. The van der Waals surface area contributed by atoms with Gasteiger partial charge in [-0.2, -0.15) is 0 Å². The third kappa shape index (κ3) is 6.03. The Balaban J connectivity index is 1.53. The SMILES string of the molecule is Cc1ccc(OCCCC(=O)Nc2cc(Cl)ccc2Oc2ccccc2)cc1. The second kappa shape index (κ2) is 9.81. The minimum absolute atomic E-state index is 0.118. The van der Waals surface area contributed by atoms with Gasteiger partial charge in [-0.1, -0.05) is 47.5 Å². The lowest BCUT2D eigenvalue weighted by Crippen LogP contribution is -2.13. The van der Waals surface area contributed by atoms with Gasteiger partial charge in [-0.25, -0.2) is 0 Å². The van der Waals surface area contributed by atoms with Gasteiger partial charge < -0.3 is 14.8 Å². The van der Waals surface area contributed by atoms with Crippen LogP contribution in [0.4, 0.5) is 5.69 Å². The number of hydrogen-bond acceptors (Lipinski definition) is 3. The van der Waals surface area contributed by atoms with Crippen molar-refractivity contribution in [1.29, 1.82) is 0 Å². The molecule has 1 amide bonds. The molecule has 28 heavy (non-hydrogen) atoms. The summed E-state index contributed by atoms with van der Waals surface area (Å²) >= 11 is 6.08. The average molecular weight is 396 g/mol. The molecule has 0 unspecified atom stereocenters. The van der Waals surface area contributed by atoms with Crippen molar-refractivity contribution in [3.05, 3.63) is 83.4 Å². The average Bonchev–Trinajstić information content (AvgIpc) is 2.69. The first-order valence-electron chi connectivity index (χ1n) is 9.12. The van der Waals surface area contributed by atoms with Crippen LogP contribution in [0.5, 0.6) is 17.2 Å². The monoisotopic (exact) mass is 395 g/mol. The van der Waals surface area contributed by atoms with E-state index in [2.05, 4.69) is 5.32 Å². The molecule has 0 heterocycles. The molecule has 0 saturated heterocycles. The van der Waals surface area contributed by atoms with E-state index in [-0.39, 0.29) is 5.91 Å². The van der Waals surface area contributed by atoms with E-state index in [0.717, 1.165) is 5.75 Å². The Morgan fingerprint density at radius 1 is 0.964 bits per heavy atom. The van der Waals surface area contributed by atoms with Crippen molar-refractivity contribution in [2.24, 2.45) is 0 Å². The summed E-state index contributed by atoms with van der Waals surface area (Å²) in [5.74, 6) is 1.92. The van der Waals surface area contributed by atoms with E-state index in [0.29, 0.717) is 41.7 Å². The molecular formula is C23H22ClNO3. The van der Waals surface area contributed by atoms with Gasteiger partial charge in [0.2, 0.25) is 5.91 Å². The molecule has 3 rings (SSSR count). The number of nitrogens with one attached hydrogen (secondary N) is 1. The summed E-state index contributed by atoms with van der Waals surface area (Å²) in [4.78, 5) is 12.3. The smallest absolute Gasteiger partial charge is 0.224 e. The molecule has 0 saturated carbocycles. The minimum atomic E-state index is -0.118. The lowest BCUT2D eigenvalue weighted by molar-refractivity contribution is -0.116. The Labute approximate surface area is 170 Å². The summed E-state index contributed by atoms with van der Waals surface area (Å²) in [6.07, 6.45) is 0.943. The van der Waals surface area contributed by atoms with E-state index < -0.39 is 0 Å². The number of hydrogen-bond donors (Lipinski definition) is 1. The van der Waals surface area contributed by atoms with Gasteiger partial charge in [-0.15, -0.1) is 0 Å². The third-order valence-corrected chi connectivity index (χ3v) is 4.26. The van der Waals surface area contributed by atoms with Crippen LogP contribution >= 0.6 is 11.6 Å². The van der Waals surface area contributed by atoms with E-state index in [1.165, 1.54) is 5.56 Å². The first-order valence-corrected chi connectivity index (χ1v) is 9.50. The summed E-state index contributed by atoms with van der Waals surface area (Å²) < 4.78 is 11.5. The molecule has 1 N–H and O–H groups in total. The van der Waals surface area contributed by atoms with Crippen LogP contribution < -0.4 is 14.8 Å². The van der Waals surface area contributed by atoms with Crippen LogP contribution in [-0.4, -0.2) is 12.5 Å². The maximum Gasteiger partial charge on any atom is 0.224 e. The zero-order valence-electron chi connectivity index (χ0n) is 15.7. The fraction of sp³-hybridized carbons (Fsp3) is 0.174. The first kappa shape index (κ1) is 19.8. The molecule has 3 aromatic rings. The number of para-hydroxylation sites is 1. The van der Waals surface area contributed by atoms with E-state index >= 15 is 0 Å². The molecular weight excluding hydrogens is 374 g/mol. The maximum atomic E-state index is 12.3. The predicted octanol–water partition coefficient (Wildman–Crippen LogP) is 6.24. The van der Waals surface area contributed by atoms with Crippen LogP contribution in [-0.2, 0) is 4.79 Å². The van der Waals surface area contributed by atoms with Gasteiger partial charge in [-0.05, 0) is 55.8 Å². The number of ether oxygens (including phenoxy) is 2. The summed E-state index contributed by atoms with van der Waals surface area (Å²) in [6.45, 7) is 2.50. The highest BCUT2D eigenvalue weighted by Crippen LogP contribution is 2.32. The van der Waals surface area contributed by atoms with Gasteiger partial charge >= 0.3 is 0 Å². The topological polar surface area (TPSA) is 47.6 Å². The number of amides is 1. The number of rotatable bonds is 8. The molecule has 0 bridgehead atoms. The van der Waals surface area contributed by atoms with Crippen LogP contribution in [0.15, 0.2) is 72.8 Å².